The van der Waals surface area contributed by atoms with Crippen molar-refractivity contribution in [2.24, 2.45) is 0 Å². The van der Waals surface area contributed by atoms with Gasteiger partial charge >= 0.3 is 0 Å². The van der Waals surface area contributed by atoms with Gasteiger partial charge in [-0.1, -0.05) is 41.4 Å². The molecule has 4 nitrogen and oxygen atoms in total. The van der Waals surface area contributed by atoms with E-state index in [0.717, 1.165) is 0 Å². The van der Waals surface area contributed by atoms with Gasteiger partial charge in [0.1, 0.15) is 11.6 Å². The minimum Gasteiger partial charge on any atom is -0.350 e. The molecule has 7 heteroatoms. The lowest BCUT2D eigenvalue weighted by molar-refractivity contribution is 0.612. The fraction of sp³-hybridized carbons (Fsp3) is 0.0588. The summed E-state index contributed by atoms with van der Waals surface area (Å²) in [5.74, 6) is 0.684. The second-order valence-corrected chi connectivity index (χ2v) is 5.87. The number of halogens is 3. The largest absolute Gasteiger partial charge is 0.350 e. The van der Waals surface area contributed by atoms with E-state index in [1.165, 1.54) is 6.07 Å². The van der Waals surface area contributed by atoms with Crippen LogP contribution in [0.25, 0.3) is 0 Å². The molecule has 1 aromatic heterocycles. The van der Waals surface area contributed by atoms with Crippen LogP contribution >= 0.6 is 23.2 Å². The predicted octanol–water partition coefficient (Wildman–Crippen LogP) is 5.28. The third-order valence-electron chi connectivity index (χ3n) is 3.19. The molecule has 0 saturated heterocycles. The Balaban J connectivity index is 1.71. The van der Waals surface area contributed by atoms with E-state index in [2.05, 4.69) is 20.6 Å². The molecule has 0 amide bonds. The van der Waals surface area contributed by atoms with Crippen molar-refractivity contribution in [3.8, 4) is 0 Å². The Bertz CT molecular complexity index is 837. The highest BCUT2D eigenvalue weighted by atomic mass is 35.5. The number of nitrogens with zero attached hydrogens (tertiary/aromatic N) is 2. The number of rotatable bonds is 5. The summed E-state index contributed by atoms with van der Waals surface area (Å²) < 4.78 is 13.6. The lowest BCUT2D eigenvalue weighted by atomic mass is 10.2. The Morgan fingerprint density at radius 1 is 1.00 bits per heavy atom. The first-order chi connectivity index (χ1) is 11.6. The second kappa shape index (κ2) is 7.47. The molecule has 3 rings (SSSR count). The fourth-order valence-corrected chi connectivity index (χ4v) is 2.63. The van der Waals surface area contributed by atoms with E-state index in [0.29, 0.717) is 39.6 Å². The van der Waals surface area contributed by atoms with Crippen LogP contribution in [0.15, 0.2) is 54.7 Å². The van der Waals surface area contributed by atoms with Crippen LogP contribution in [0.1, 0.15) is 5.56 Å². The monoisotopic (exact) mass is 362 g/mol. The van der Waals surface area contributed by atoms with Gasteiger partial charge in [-0.05, 0) is 30.3 Å². The van der Waals surface area contributed by atoms with E-state index in [4.69, 9.17) is 23.2 Å². The molecule has 0 aliphatic rings. The molecule has 1 heterocycles. The van der Waals surface area contributed by atoms with Crippen molar-refractivity contribution in [2.45, 2.75) is 6.54 Å². The highest BCUT2D eigenvalue weighted by molar-refractivity contribution is 6.35. The molecule has 0 saturated carbocycles. The molecule has 24 heavy (non-hydrogen) atoms. The molecule has 122 valence electrons. The summed E-state index contributed by atoms with van der Waals surface area (Å²) in [4.78, 5) is 8.45. The summed E-state index contributed by atoms with van der Waals surface area (Å²) in [7, 11) is 0. The van der Waals surface area contributed by atoms with Gasteiger partial charge in [-0.2, -0.15) is 4.98 Å². The van der Waals surface area contributed by atoms with E-state index < -0.39 is 0 Å². The summed E-state index contributed by atoms with van der Waals surface area (Å²) in [5.41, 5.74) is 1.26. The Labute approximate surface area is 148 Å². The van der Waals surface area contributed by atoms with Crippen LogP contribution in [0.4, 0.5) is 21.8 Å². The number of anilines is 3. The third-order valence-corrected chi connectivity index (χ3v) is 3.62. The minimum absolute atomic E-state index is 0.271. The third kappa shape index (κ3) is 4.34. The van der Waals surface area contributed by atoms with Gasteiger partial charge in [-0.25, -0.2) is 9.37 Å². The van der Waals surface area contributed by atoms with E-state index in [1.54, 1.807) is 48.7 Å². The second-order valence-electron chi connectivity index (χ2n) is 4.99. The van der Waals surface area contributed by atoms with Crippen LogP contribution in [0.2, 0.25) is 10.0 Å². The number of nitrogens with one attached hydrogen (secondary N) is 2. The highest BCUT2D eigenvalue weighted by Crippen LogP contribution is 2.24. The van der Waals surface area contributed by atoms with E-state index in [-0.39, 0.29) is 5.82 Å². The molecule has 0 spiro atoms. The molecule has 0 unspecified atom stereocenters. The summed E-state index contributed by atoms with van der Waals surface area (Å²) >= 11 is 11.9. The molecular weight excluding hydrogens is 350 g/mol. The molecule has 0 fully saturated rings. The Morgan fingerprint density at radius 2 is 1.75 bits per heavy atom. The fourth-order valence-electron chi connectivity index (χ4n) is 2.10. The lowest BCUT2D eigenvalue weighted by Crippen LogP contribution is -2.06. The standard InChI is InChI=1S/C17H13Cl2FN4/c18-12-7-13(19)9-14(8-12)23-16-5-6-21-17(24-16)22-10-11-3-1-2-4-15(11)20/h1-9H,10H2,(H2,21,22,23,24). The Kier molecular flexibility index (Phi) is 5.13. The van der Waals surface area contributed by atoms with Gasteiger partial charge in [0.2, 0.25) is 5.95 Å². The van der Waals surface area contributed by atoms with Crippen molar-refractivity contribution in [2.75, 3.05) is 10.6 Å². The normalized spacial score (nSPS) is 10.5. The average Bonchev–Trinajstić information content (AvgIpc) is 2.53. The maximum Gasteiger partial charge on any atom is 0.224 e. The van der Waals surface area contributed by atoms with Crippen LogP contribution < -0.4 is 10.6 Å². The average molecular weight is 363 g/mol. The van der Waals surface area contributed by atoms with Crippen LogP contribution in [-0.4, -0.2) is 9.97 Å². The molecule has 2 aromatic carbocycles. The molecule has 0 radical (unpaired) electrons. The highest BCUT2D eigenvalue weighted by Gasteiger charge is 2.04. The number of hydrogen-bond donors (Lipinski definition) is 2. The zero-order chi connectivity index (χ0) is 16.9. The van der Waals surface area contributed by atoms with Crippen LogP contribution in [0.3, 0.4) is 0 Å². The van der Waals surface area contributed by atoms with Crippen molar-refractivity contribution in [3.05, 3.63) is 76.2 Å². The van der Waals surface area contributed by atoms with E-state index in [9.17, 15) is 4.39 Å². The summed E-state index contributed by atoms with van der Waals surface area (Å²) in [5, 5.41) is 7.15. The first kappa shape index (κ1) is 16.5. The quantitative estimate of drug-likeness (QED) is 0.648. The van der Waals surface area contributed by atoms with Crippen LogP contribution in [-0.2, 0) is 6.54 Å². The van der Waals surface area contributed by atoms with Gasteiger partial charge in [-0.15, -0.1) is 0 Å². The molecular formula is C17H13Cl2FN4. The van der Waals surface area contributed by atoms with Crippen molar-refractivity contribution >= 4 is 40.7 Å². The zero-order valence-electron chi connectivity index (χ0n) is 12.4. The summed E-state index contributed by atoms with van der Waals surface area (Å²) in [6, 6.07) is 13.4. The molecule has 0 aliphatic heterocycles. The number of aromatic nitrogens is 2. The van der Waals surface area contributed by atoms with Gasteiger partial charge < -0.3 is 10.6 Å². The van der Waals surface area contributed by atoms with Crippen molar-refractivity contribution in [3.63, 3.8) is 0 Å². The van der Waals surface area contributed by atoms with Gasteiger partial charge in [0.05, 0.1) is 0 Å². The van der Waals surface area contributed by atoms with Crippen LogP contribution in [0.5, 0.6) is 0 Å². The van der Waals surface area contributed by atoms with Crippen molar-refractivity contribution in [1.82, 2.24) is 9.97 Å². The van der Waals surface area contributed by atoms with Crippen LogP contribution in [0, 0.1) is 5.82 Å². The minimum atomic E-state index is -0.271. The SMILES string of the molecule is Fc1ccccc1CNc1nccc(Nc2cc(Cl)cc(Cl)c2)n1. The van der Waals surface area contributed by atoms with Gasteiger partial charge in [0.25, 0.3) is 0 Å². The topological polar surface area (TPSA) is 49.8 Å². The molecule has 3 aromatic rings. The van der Waals surface area contributed by atoms with Crippen molar-refractivity contribution in [1.29, 1.82) is 0 Å². The first-order valence-corrected chi connectivity index (χ1v) is 7.89. The van der Waals surface area contributed by atoms with E-state index in [1.807, 2.05) is 0 Å². The maximum absolute atomic E-state index is 13.6. The summed E-state index contributed by atoms with van der Waals surface area (Å²) in [6.45, 7) is 0.291. The smallest absolute Gasteiger partial charge is 0.224 e. The van der Waals surface area contributed by atoms with Crippen molar-refractivity contribution < 1.29 is 4.39 Å². The summed E-state index contributed by atoms with van der Waals surface area (Å²) in [6.07, 6.45) is 1.60. The van der Waals surface area contributed by atoms with Gasteiger partial charge in [0.15, 0.2) is 0 Å². The number of hydrogen-bond acceptors (Lipinski definition) is 4. The molecule has 2 N–H and O–H groups in total. The van der Waals surface area contributed by atoms with Gasteiger partial charge in [0, 0.05) is 34.0 Å². The molecule has 0 bridgehead atoms. The van der Waals surface area contributed by atoms with E-state index >= 15 is 0 Å². The number of benzene rings is 2. The Morgan fingerprint density at radius 3 is 2.50 bits per heavy atom. The first-order valence-electron chi connectivity index (χ1n) is 7.13. The predicted molar refractivity (Wildman–Crippen MR) is 95.5 cm³/mol. The lowest BCUT2D eigenvalue weighted by Gasteiger charge is -2.09. The zero-order valence-corrected chi connectivity index (χ0v) is 13.9. The molecule has 0 aliphatic carbocycles. The van der Waals surface area contributed by atoms with Gasteiger partial charge in [-0.3, -0.25) is 0 Å². The Hall–Kier alpha value is -2.37. The molecule has 0 atom stereocenters. The maximum atomic E-state index is 13.6.